The molecule has 1 saturated carbocycles. The molecule has 2 N–H and O–H groups in total. The zero-order valence-corrected chi connectivity index (χ0v) is 30.3. The predicted octanol–water partition coefficient (Wildman–Crippen LogP) is 6.44. The zero-order valence-electron chi connectivity index (χ0n) is 29.5. The van der Waals surface area contributed by atoms with Crippen LogP contribution in [0.25, 0.3) is 0 Å². The highest BCUT2D eigenvalue weighted by molar-refractivity contribution is 7.98. The average Bonchev–Trinajstić information content (AvgIpc) is 2.93. The van der Waals surface area contributed by atoms with Crippen molar-refractivity contribution in [3.63, 3.8) is 0 Å². The summed E-state index contributed by atoms with van der Waals surface area (Å²) in [6.07, 6.45) is 4.19. The zero-order chi connectivity index (χ0) is 34.9. The van der Waals surface area contributed by atoms with Crippen LogP contribution >= 0.6 is 11.8 Å². The maximum absolute atomic E-state index is 14.7. The van der Waals surface area contributed by atoms with Gasteiger partial charge in [0.2, 0.25) is 11.8 Å². The number of alkyl carbamates (subject to hydrolysis) is 1. The highest BCUT2D eigenvalue weighted by atomic mass is 32.2. The molecule has 9 nitrogen and oxygen atoms in total. The summed E-state index contributed by atoms with van der Waals surface area (Å²) in [6, 6.07) is 12.1. The van der Waals surface area contributed by atoms with Gasteiger partial charge in [-0.25, -0.2) is 9.59 Å². The van der Waals surface area contributed by atoms with E-state index in [-0.39, 0.29) is 18.4 Å². The normalized spacial score (nSPS) is 15.4. The number of carbonyl (C=O) groups excluding carboxylic acids is 4. The Kier molecular flexibility index (Phi) is 13.3. The summed E-state index contributed by atoms with van der Waals surface area (Å²) in [7, 11) is 0. The van der Waals surface area contributed by atoms with Crippen molar-refractivity contribution in [2.75, 3.05) is 12.0 Å². The maximum atomic E-state index is 14.7. The van der Waals surface area contributed by atoms with Gasteiger partial charge in [0.15, 0.2) is 0 Å². The number of aryl methyl sites for hydroxylation is 2. The second kappa shape index (κ2) is 16.5. The van der Waals surface area contributed by atoms with Gasteiger partial charge in [0, 0.05) is 12.5 Å². The van der Waals surface area contributed by atoms with Crippen LogP contribution in [0.2, 0.25) is 0 Å². The number of hydrogen-bond acceptors (Lipinski definition) is 7. The maximum Gasteiger partial charge on any atom is 0.408 e. The predicted molar refractivity (Wildman–Crippen MR) is 187 cm³/mol. The summed E-state index contributed by atoms with van der Waals surface area (Å²) in [6.45, 7) is 14.6. The van der Waals surface area contributed by atoms with Crippen LogP contribution in [-0.2, 0) is 30.3 Å². The van der Waals surface area contributed by atoms with E-state index in [2.05, 4.69) is 10.6 Å². The molecule has 1 aliphatic carbocycles. The quantitative estimate of drug-likeness (QED) is 0.236. The van der Waals surface area contributed by atoms with Gasteiger partial charge in [0.25, 0.3) is 0 Å². The molecule has 3 rings (SSSR count). The molecule has 2 aromatic rings. The Morgan fingerprint density at radius 3 is 2.06 bits per heavy atom. The SMILES string of the molecule is CSCCC(NC(=O)OC(C)(C)C)C(=O)N(C1CCC1)C(C(=O)NC(Cc1ccccc1)C(=O)OC(C)(C)C)c1ccc(C)cc1C. The fraction of sp³-hybridized carbons (Fsp3) is 0.568. The van der Waals surface area contributed by atoms with Crippen molar-refractivity contribution in [2.24, 2.45) is 0 Å². The Bertz CT molecular complexity index is 1380. The number of hydrogen-bond donors (Lipinski definition) is 2. The molecule has 0 spiro atoms. The highest BCUT2D eigenvalue weighted by Gasteiger charge is 2.43. The number of nitrogens with zero attached hydrogens (tertiary/aromatic N) is 1. The van der Waals surface area contributed by atoms with Crippen molar-refractivity contribution in [1.29, 1.82) is 0 Å². The van der Waals surface area contributed by atoms with E-state index >= 15 is 0 Å². The van der Waals surface area contributed by atoms with Gasteiger partial charge in [0.1, 0.15) is 29.3 Å². The van der Waals surface area contributed by atoms with Crippen LogP contribution < -0.4 is 10.6 Å². The standard InChI is InChI=1S/C37H53N3O6S/c1-24-18-19-28(25(2)22-24)31(32(41)38-30(34(43)45-36(3,4)5)23-26-14-11-10-12-15-26)40(27-16-13-17-27)33(42)29(20-21-47-9)39-35(44)46-37(6,7)8/h10-12,14-15,18-19,22,27,29-31H,13,16-17,20-21,23H2,1-9H3,(H,38,41)(H,39,44). The van der Waals surface area contributed by atoms with Gasteiger partial charge in [-0.3, -0.25) is 9.59 Å². The molecule has 0 aromatic heterocycles. The van der Waals surface area contributed by atoms with Crippen molar-refractivity contribution in [3.05, 3.63) is 70.8 Å². The van der Waals surface area contributed by atoms with E-state index in [0.29, 0.717) is 17.7 Å². The van der Waals surface area contributed by atoms with Gasteiger partial charge in [0.05, 0.1) is 0 Å². The molecule has 0 saturated heterocycles. The molecule has 10 heteroatoms. The van der Waals surface area contributed by atoms with E-state index in [9.17, 15) is 19.2 Å². The van der Waals surface area contributed by atoms with E-state index in [1.807, 2.05) is 68.6 Å². The lowest BCUT2D eigenvalue weighted by Gasteiger charge is -2.44. The number of esters is 1. The minimum absolute atomic E-state index is 0.217. The van der Waals surface area contributed by atoms with E-state index in [0.717, 1.165) is 36.0 Å². The number of carbonyl (C=O) groups is 4. The molecule has 3 atom stereocenters. The Morgan fingerprint density at radius 2 is 1.53 bits per heavy atom. The largest absolute Gasteiger partial charge is 0.458 e. The van der Waals surface area contributed by atoms with E-state index in [4.69, 9.17) is 9.47 Å². The third kappa shape index (κ3) is 11.6. The molecular weight excluding hydrogens is 614 g/mol. The summed E-state index contributed by atoms with van der Waals surface area (Å²) >= 11 is 1.57. The molecular formula is C37H53N3O6S. The first-order chi connectivity index (χ1) is 22.0. The van der Waals surface area contributed by atoms with Crippen LogP contribution in [0, 0.1) is 13.8 Å². The lowest BCUT2D eigenvalue weighted by molar-refractivity contribution is -0.159. The fourth-order valence-electron chi connectivity index (χ4n) is 5.52. The molecule has 3 amide bonds. The minimum atomic E-state index is -1.05. The van der Waals surface area contributed by atoms with Crippen molar-refractivity contribution in [1.82, 2.24) is 15.5 Å². The average molecular weight is 668 g/mol. The topological polar surface area (TPSA) is 114 Å². The Hall–Kier alpha value is -3.53. The molecule has 1 fully saturated rings. The highest BCUT2D eigenvalue weighted by Crippen LogP contribution is 2.35. The second-order valence-electron chi connectivity index (χ2n) is 14.4. The van der Waals surface area contributed by atoms with Crippen LogP contribution in [0.4, 0.5) is 4.79 Å². The number of thioether (sulfide) groups is 1. The van der Waals surface area contributed by atoms with E-state index in [1.165, 1.54) is 0 Å². The summed E-state index contributed by atoms with van der Waals surface area (Å²) < 4.78 is 11.3. The lowest BCUT2D eigenvalue weighted by Crippen LogP contribution is -2.59. The fourth-order valence-corrected chi connectivity index (χ4v) is 5.99. The first-order valence-electron chi connectivity index (χ1n) is 16.4. The molecule has 1 aliphatic rings. The van der Waals surface area contributed by atoms with Gasteiger partial charge < -0.3 is 25.0 Å². The number of rotatable bonds is 13. The molecule has 258 valence electrons. The Morgan fingerprint density at radius 1 is 0.894 bits per heavy atom. The molecule has 3 unspecified atom stereocenters. The van der Waals surface area contributed by atoms with Crippen LogP contribution in [-0.4, -0.2) is 70.1 Å². The smallest absolute Gasteiger partial charge is 0.408 e. The van der Waals surface area contributed by atoms with Crippen molar-refractivity contribution in [3.8, 4) is 0 Å². The number of nitrogens with one attached hydrogen (secondary N) is 2. The lowest BCUT2D eigenvalue weighted by atomic mass is 9.86. The van der Waals surface area contributed by atoms with Crippen LogP contribution in [0.15, 0.2) is 48.5 Å². The summed E-state index contributed by atoms with van der Waals surface area (Å²) in [5, 5.41) is 5.80. The summed E-state index contributed by atoms with van der Waals surface area (Å²) in [5.74, 6) is -0.778. The van der Waals surface area contributed by atoms with Crippen molar-refractivity contribution < 1.29 is 28.7 Å². The van der Waals surface area contributed by atoms with Crippen LogP contribution in [0.1, 0.15) is 95.5 Å². The third-order valence-corrected chi connectivity index (χ3v) is 8.50. The first-order valence-corrected chi connectivity index (χ1v) is 17.8. The molecule has 2 aromatic carbocycles. The van der Waals surface area contributed by atoms with Crippen LogP contribution in [0.3, 0.4) is 0 Å². The Balaban J connectivity index is 2.09. The molecule has 47 heavy (non-hydrogen) atoms. The summed E-state index contributed by atoms with van der Waals surface area (Å²) in [4.78, 5) is 57.5. The van der Waals surface area contributed by atoms with Gasteiger partial charge in [-0.1, -0.05) is 54.1 Å². The van der Waals surface area contributed by atoms with Gasteiger partial charge in [-0.15, -0.1) is 0 Å². The monoisotopic (exact) mass is 667 g/mol. The molecule has 0 radical (unpaired) electrons. The summed E-state index contributed by atoms with van der Waals surface area (Å²) in [5.41, 5.74) is 1.87. The molecule has 0 aliphatic heterocycles. The van der Waals surface area contributed by atoms with E-state index in [1.54, 1.807) is 58.2 Å². The van der Waals surface area contributed by atoms with Crippen molar-refractivity contribution >= 4 is 35.6 Å². The van der Waals surface area contributed by atoms with E-state index < -0.39 is 47.3 Å². The number of ether oxygens (including phenoxy) is 2. The van der Waals surface area contributed by atoms with Gasteiger partial charge in [-0.05, 0) is 110 Å². The van der Waals surface area contributed by atoms with Crippen molar-refractivity contribution in [2.45, 2.75) is 123 Å². The molecule has 0 heterocycles. The number of amides is 3. The third-order valence-electron chi connectivity index (χ3n) is 7.86. The number of benzene rings is 2. The van der Waals surface area contributed by atoms with Gasteiger partial charge in [-0.2, -0.15) is 11.8 Å². The first kappa shape index (κ1) is 37.9. The Labute approximate surface area is 284 Å². The van der Waals surface area contributed by atoms with Crippen LogP contribution in [0.5, 0.6) is 0 Å². The van der Waals surface area contributed by atoms with Gasteiger partial charge >= 0.3 is 12.1 Å². The minimum Gasteiger partial charge on any atom is -0.458 e. The molecule has 0 bridgehead atoms. The second-order valence-corrected chi connectivity index (χ2v) is 15.3.